The summed E-state index contributed by atoms with van der Waals surface area (Å²) in [5.41, 5.74) is 4.01. The van der Waals surface area contributed by atoms with E-state index >= 15 is 0 Å². The van der Waals surface area contributed by atoms with E-state index < -0.39 is 0 Å². The van der Waals surface area contributed by atoms with Gasteiger partial charge in [0, 0.05) is 42.3 Å². The van der Waals surface area contributed by atoms with Gasteiger partial charge >= 0.3 is 0 Å². The summed E-state index contributed by atoms with van der Waals surface area (Å²) < 4.78 is 5.48. The van der Waals surface area contributed by atoms with Gasteiger partial charge in [0.2, 0.25) is 0 Å². The number of rotatable bonds is 6. The summed E-state index contributed by atoms with van der Waals surface area (Å²) in [5.74, 6) is 1.95. The molecule has 5 heteroatoms. The topological polar surface area (TPSA) is 66.5 Å². The zero-order valence-electron chi connectivity index (χ0n) is 17.9. The molecule has 1 aliphatic carbocycles. The van der Waals surface area contributed by atoms with E-state index in [0.717, 1.165) is 42.7 Å². The first kappa shape index (κ1) is 20.5. The largest absolute Gasteiger partial charge is 0.496 e. The molecule has 0 radical (unpaired) electrons. The lowest BCUT2D eigenvalue weighted by Crippen LogP contribution is -2.39. The molecule has 1 amide bonds. The Hall–Kier alpha value is -2.82. The van der Waals surface area contributed by atoms with E-state index in [9.17, 15) is 4.79 Å². The number of carbonyl (C=O) groups is 1. The quantitative estimate of drug-likeness (QED) is 0.709. The highest BCUT2D eigenvalue weighted by Gasteiger charge is 2.28. The summed E-state index contributed by atoms with van der Waals surface area (Å²) in [4.78, 5) is 20.5. The molecule has 4 rings (SSSR count). The normalized spacial score (nSPS) is 22.3. The van der Waals surface area contributed by atoms with Crippen LogP contribution >= 0.6 is 0 Å². The van der Waals surface area contributed by atoms with Crippen LogP contribution in [0.4, 0.5) is 0 Å². The molecule has 2 heterocycles. The van der Waals surface area contributed by atoms with E-state index in [-0.39, 0.29) is 11.9 Å². The molecule has 0 saturated heterocycles. The van der Waals surface area contributed by atoms with Crippen LogP contribution in [0, 0.1) is 11.8 Å². The van der Waals surface area contributed by atoms with E-state index in [1.54, 1.807) is 18.9 Å². The lowest BCUT2D eigenvalue weighted by Gasteiger charge is -2.34. The predicted molar refractivity (Wildman–Crippen MR) is 121 cm³/mol. The molecule has 30 heavy (non-hydrogen) atoms. The van der Waals surface area contributed by atoms with Gasteiger partial charge in [-0.3, -0.25) is 9.79 Å². The van der Waals surface area contributed by atoms with Crippen LogP contribution in [-0.2, 0) is 0 Å². The third kappa shape index (κ3) is 4.35. The van der Waals surface area contributed by atoms with Crippen molar-refractivity contribution in [2.24, 2.45) is 16.8 Å². The minimum absolute atomic E-state index is 0.0296. The SMILES string of the molecule is COc1ccccc1-c1c[nH]cc1C(=O)NC(C)C1CCC(C2=CC=NCC2)CC1. The summed E-state index contributed by atoms with van der Waals surface area (Å²) in [7, 11) is 1.65. The zero-order chi connectivity index (χ0) is 20.9. The van der Waals surface area contributed by atoms with E-state index in [1.165, 1.54) is 12.8 Å². The average Bonchev–Trinajstić information content (AvgIpc) is 3.29. The Morgan fingerprint density at radius 2 is 1.97 bits per heavy atom. The standard InChI is InChI=1S/C25H31N3O2/c1-17(18-7-9-19(10-8-18)20-11-13-26-14-12-20)28-25(29)23-16-27-15-22(23)21-5-3-4-6-24(21)30-2/h3-6,11,13,15-19,27H,7-10,12,14H2,1-2H3,(H,28,29). The van der Waals surface area contributed by atoms with Gasteiger partial charge in [0.15, 0.2) is 0 Å². The zero-order valence-corrected chi connectivity index (χ0v) is 17.9. The van der Waals surface area contributed by atoms with Crippen molar-refractivity contribution < 1.29 is 9.53 Å². The Morgan fingerprint density at radius 1 is 1.17 bits per heavy atom. The van der Waals surface area contributed by atoms with Gasteiger partial charge in [-0.15, -0.1) is 0 Å². The van der Waals surface area contributed by atoms with Crippen LogP contribution in [0.25, 0.3) is 11.1 Å². The fraction of sp³-hybridized carbons (Fsp3) is 0.440. The van der Waals surface area contributed by atoms with Crippen molar-refractivity contribution in [3.63, 3.8) is 0 Å². The Bertz CT molecular complexity index is 935. The first-order valence-corrected chi connectivity index (χ1v) is 11.0. The molecule has 2 aromatic rings. The number of hydrogen-bond donors (Lipinski definition) is 2. The first-order valence-electron chi connectivity index (χ1n) is 11.0. The van der Waals surface area contributed by atoms with Crippen LogP contribution < -0.4 is 10.1 Å². The molecular formula is C25H31N3O2. The van der Waals surface area contributed by atoms with Crippen LogP contribution in [0.2, 0.25) is 0 Å². The van der Waals surface area contributed by atoms with Crippen LogP contribution in [0.15, 0.2) is 53.3 Å². The molecule has 5 nitrogen and oxygen atoms in total. The third-order valence-electron chi connectivity index (χ3n) is 6.67. The number of para-hydroxylation sites is 1. The summed E-state index contributed by atoms with van der Waals surface area (Å²) in [6.45, 7) is 3.08. The maximum absolute atomic E-state index is 13.1. The molecule has 1 fully saturated rings. The lowest BCUT2D eigenvalue weighted by atomic mass is 9.75. The molecule has 0 bridgehead atoms. The number of dihydropyridines is 1. The molecule has 1 saturated carbocycles. The van der Waals surface area contributed by atoms with Crippen LogP contribution in [-0.4, -0.2) is 36.8 Å². The molecule has 2 N–H and O–H groups in total. The molecule has 1 aliphatic heterocycles. The smallest absolute Gasteiger partial charge is 0.253 e. The maximum atomic E-state index is 13.1. The number of carbonyl (C=O) groups excluding carboxylic acids is 1. The Labute approximate surface area is 178 Å². The van der Waals surface area contributed by atoms with Gasteiger partial charge in [0.1, 0.15) is 5.75 Å². The minimum atomic E-state index is -0.0296. The fourth-order valence-electron chi connectivity index (χ4n) is 4.87. The van der Waals surface area contributed by atoms with Crippen molar-refractivity contribution in [3.05, 3.63) is 53.9 Å². The van der Waals surface area contributed by atoms with E-state index in [4.69, 9.17) is 4.74 Å². The fourth-order valence-corrected chi connectivity index (χ4v) is 4.87. The summed E-state index contributed by atoms with van der Waals surface area (Å²) in [5, 5.41) is 3.26. The second-order valence-electron chi connectivity index (χ2n) is 8.40. The van der Waals surface area contributed by atoms with E-state index in [1.807, 2.05) is 36.7 Å². The molecule has 1 aromatic heterocycles. The molecule has 1 atom stereocenters. The first-order chi connectivity index (χ1) is 14.7. The molecule has 2 aliphatic rings. The van der Waals surface area contributed by atoms with Gasteiger partial charge in [0.25, 0.3) is 5.91 Å². The van der Waals surface area contributed by atoms with Gasteiger partial charge in [-0.2, -0.15) is 0 Å². The maximum Gasteiger partial charge on any atom is 0.253 e. The van der Waals surface area contributed by atoms with Gasteiger partial charge in [-0.1, -0.05) is 23.8 Å². The molecular weight excluding hydrogens is 374 g/mol. The number of nitrogens with one attached hydrogen (secondary N) is 2. The lowest BCUT2D eigenvalue weighted by molar-refractivity contribution is 0.0917. The van der Waals surface area contributed by atoms with E-state index in [0.29, 0.717) is 17.4 Å². The number of benzene rings is 1. The van der Waals surface area contributed by atoms with Crippen LogP contribution in [0.5, 0.6) is 5.75 Å². The van der Waals surface area contributed by atoms with Crippen LogP contribution in [0.3, 0.4) is 0 Å². The second-order valence-corrected chi connectivity index (χ2v) is 8.40. The Morgan fingerprint density at radius 3 is 2.70 bits per heavy atom. The Kier molecular flexibility index (Phi) is 6.36. The van der Waals surface area contributed by atoms with Gasteiger partial charge in [0.05, 0.1) is 12.7 Å². The number of ether oxygens (including phenoxy) is 1. The van der Waals surface area contributed by atoms with Crippen molar-refractivity contribution in [2.75, 3.05) is 13.7 Å². The number of nitrogens with zero attached hydrogens (tertiary/aromatic N) is 1. The van der Waals surface area contributed by atoms with Crippen molar-refractivity contribution in [3.8, 4) is 16.9 Å². The van der Waals surface area contributed by atoms with Gasteiger partial charge in [-0.05, 0) is 63.0 Å². The predicted octanol–water partition coefficient (Wildman–Crippen LogP) is 5.02. The van der Waals surface area contributed by atoms with Crippen molar-refractivity contribution >= 4 is 12.1 Å². The molecule has 0 spiro atoms. The summed E-state index contributed by atoms with van der Waals surface area (Å²) in [6, 6.07) is 7.94. The highest BCUT2D eigenvalue weighted by atomic mass is 16.5. The number of aromatic nitrogens is 1. The number of aromatic amines is 1. The molecule has 1 unspecified atom stereocenters. The monoisotopic (exact) mass is 405 g/mol. The number of aliphatic imine (C=N–C) groups is 1. The third-order valence-corrected chi connectivity index (χ3v) is 6.67. The number of methoxy groups -OCH3 is 1. The van der Waals surface area contributed by atoms with E-state index in [2.05, 4.69) is 28.3 Å². The number of amides is 1. The van der Waals surface area contributed by atoms with Crippen molar-refractivity contribution in [1.82, 2.24) is 10.3 Å². The molecule has 1 aromatic carbocycles. The highest BCUT2D eigenvalue weighted by molar-refractivity contribution is 6.01. The van der Waals surface area contributed by atoms with Crippen molar-refractivity contribution in [1.29, 1.82) is 0 Å². The number of allylic oxidation sites excluding steroid dienone is 1. The van der Waals surface area contributed by atoms with Gasteiger partial charge < -0.3 is 15.0 Å². The van der Waals surface area contributed by atoms with Gasteiger partial charge in [-0.25, -0.2) is 0 Å². The average molecular weight is 406 g/mol. The number of hydrogen-bond acceptors (Lipinski definition) is 3. The van der Waals surface area contributed by atoms with Crippen LogP contribution in [0.1, 0.15) is 49.4 Å². The minimum Gasteiger partial charge on any atom is -0.496 e. The second kappa shape index (κ2) is 9.33. The van der Waals surface area contributed by atoms with Crippen molar-refractivity contribution in [2.45, 2.75) is 45.1 Å². The summed E-state index contributed by atoms with van der Waals surface area (Å²) >= 11 is 0. The summed E-state index contributed by atoms with van der Waals surface area (Å²) in [6.07, 6.45) is 13.7. The highest BCUT2D eigenvalue weighted by Crippen LogP contribution is 2.37. The number of H-pyrrole nitrogens is 1. The Balaban J connectivity index is 1.39. The molecule has 158 valence electrons.